The number of carbonyl (C=O) groups excluding carboxylic acids is 3. The van der Waals surface area contributed by atoms with Crippen molar-refractivity contribution in [2.24, 2.45) is 0 Å². The maximum Gasteiger partial charge on any atom is 0.249 e. The van der Waals surface area contributed by atoms with E-state index in [2.05, 4.69) is 10.4 Å². The van der Waals surface area contributed by atoms with E-state index in [0.29, 0.717) is 5.82 Å². The van der Waals surface area contributed by atoms with Crippen LogP contribution in [0.2, 0.25) is 0 Å². The molecule has 18 heavy (non-hydrogen) atoms. The molecule has 1 unspecified atom stereocenters. The van der Waals surface area contributed by atoms with Gasteiger partial charge in [-0.05, 0) is 13.0 Å². The van der Waals surface area contributed by atoms with Crippen LogP contribution >= 0.6 is 0 Å². The van der Waals surface area contributed by atoms with Crippen LogP contribution in [0, 0.1) is 0 Å². The summed E-state index contributed by atoms with van der Waals surface area (Å²) in [4.78, 5) is 35.8. The molecule has 0 aromatic carbocycles. The summed E-state index contributed by atoms with van der Waals surface area (Å²) in [6, 6.07) is 0.897. The lowest BCUT2D eigenvalue weighted by molar-refractivity contribution is -0.149. The van der Waals surface area contributed by atoms with Gasteiger partial charge >= 0.3 is 0 Å². The highest BCUT2D eigenvalue weighted by molar-refractivity contribution is 6.04. The van der Waals surface area contributed by atoms with Gasteiger partial charge in [-0.25, -0.2) is 0 Å². The Morgan fingerprint density at radius 1 is 1.61 bits per heavy atom. The van der Waals surface area contributed by atoms with Gasteiger partial charge in [0.2, 0.25) is 17.7 Å². The Kier molecular flexibility index (Phi) is 3.00. The fourth-order valence-corrected chi connectivity index (χ4v) is 1.71. The number of nitrogens with zero attached hydrogens (tertiary/aromatic N) is 3. The van der Waals surface area contributed by atoms with Crippen molar-refractivity contribution in [2.75, 3.05) is 12.3 Å². The topological polar surface area (TPSA) is 110 Å². The third-order valence-corrected chi connectivity index (χ3v) is 2.70. The third-order valence-electron chi connectivity index (χ3n) is 2.70. The average molecular weight is 251 g/mol. The molecule has 0 aliphatic carbocycles. The van der Waals surface area contributed by atoms with Crippen molar-refractivity contribution in [3.05, 3.63) is 12.3 Å². The van der Waals surface area contributed by atoms with E-state index in [0.717, 1.165) is 0 Å². The van der Waals surface area contributed by atoms with E-state index in [1.165, 1.54) is 9.58 Å². The Morgan fingerprint density at radius 3 is 2.94 bits per heavy atom. The van der Waals surface area contributed by atoms with Crippen molar-refractivity contribution in [1.82, 2.24) is 20.0 Å². The number of aromatic nitrogens is 2. The molecule has 8 heteroatoms. The third kappa shape index (κ3) is 2.31. The Bertz CT molecular complexity index is 509. The van der Waals surface area contributed by atoms with Gasteiger partial charge in [-0.1, -0.05) is 0 Å². The Labute approximate surface area is 103 Å². The molecule has 1 atom stereocenters. The SMILES string of the molecule is CC1C(=O)NC(=O)CN1C(=O)Cn1ccc(N)n1. The molecule has 0 saturated carbocycles. The van der Waals surface area contributed by atoms with E-state index in [4.69, 9.17) is 5.73 Å². The summed E-state index contributed by atoms with van der Waals surface area (Å²) in [5, 5.41) is 6.04. The van der Waals surface area contributed by atoms with E-state index in [9.17, 15) is 14.4 Å². The first kappa shape index (κ1) is 12.1. The van der Waals surface area contributed by atoms with Gasteiger partial charge < -0.3 is 10.6 Å². The van der Waals surface area contributed by atoms with E-state index < -0.39 is 17.9 Å². The molecule has 1 aromatic heterocycles. The fourth-order valence-electron chi connectivity index (χ4n) is 1.71. The second kappa shape index (κ2) is 4.47. The van der Waals surface area contributed by atoms with Gasteiger partial charge in [0.25, 0.3) is 0 Å². The highest BCUT2D eigenvalue weighted by Crippen LogP contribution is 2.06. The number of amides is 3. The Balaban J connectivity index is 2.08. The monoisotopic (exact) mass is 251 g/mol. The summed E-state index contributed by atoms with van der Waals surface area (Å²) in [6.45, 7) is 1.39. The summed E-state index contributed by atoms with van der Waals surface area (Å²) in [5.74, 6) is -0.997. The van der Waals surface area contributed by atoms with E-state index in [1.807, 2.05) is 0 Å². The van der Waals surface area contributed by atoms with Crippen molar-refractivity contribution < 1.29 is 14.4 Å². The second-order valence-electron chi connectivity index (χ2n) is 4.05. The van der Waals surface area contributed by atoms with Gasteiger partial charge in [0.05, 0.1) is 0 Å². The maximum absolute atomic E-state index is 12.0. The summed E-state index contributed by atoms with van der Waals surface area (Å²) in [5.41, 5.74) is 5.43. The van der Waals surface area contributed by atoms with E-state index in [1.54, 1.807) is 19.2 Å². The number of imide groups is 1. The molecule has 8 nitrogen and oxygen atoms in total. The van der Waals surface area contributed by atoms with Crippen LogP contribution in [0.25, 0.3) is 0 Å². The van der Waals surface area contributed by atoms with Gasteiger partial charge in [0.15, 0.2) is 0 Å². The number of carbonyl (C=O) groups is 3. The molecule has 0 bridgehead atoms. The number of anilines is 1. The van der Waals surface area contributed by atoms with Crippen molar-refractivity contribution in [3.63, 3.8) is 0 Å². The molecule has 1 aliphatic rings. The molecule has 0 spiro atoms. The van der Waals surface area contributed by atoms with Gasteiger partial charge in [-0.15, -0.1) is 0 Å². The lowest BCUT2D eigenvalue weighted by Crippen LogP contribution is -2.59. The summed E-state index contributed by atoms with van der Waals surface area (Å²) in [7, 11) is 0. The lowest BCUT2D eigenvalue weighted by Gasteiger charge is -2.31. The van der Waals surface area contributed by atoms with Crippen molar-refractivity contribution in [1.29, 1.82) is 0 Å². The largest absolute Gasteiger partial charge is 0.382 e. The molecule has 3 N–H and O–H groups in total. The highest BCUT2D eigenvalue weighted by Gasteiger charge is 2.33. The van der Waals surface area contributed by atoms with Gasteiger partial charge in [-0.3, -0.25) is 24.4 Å². The van der Waals surface area contributed by atoms with Crippen LogP contribution in [-0.4, -0.2) is 45.0 Å². The first-order valence-electron chi connectivity index (χ1n) is 5.39. The molecule has 1 fully saturated rings. The molecule has 96 valence electrons. The molecule has 0 radical (unpaired) electrons. The second-order valence-corrected chi connectivity index (χ2v) is 4.05. The zero-order valence-corrected chi connectivity index (χ0v) is 9.79. The van der Waals surface area contributed by atoms with Crippen molar-refractivity contribution in [3.8, 4) is 0 Å². The van der Waals surface area contributed by atoms with Gasteiger partial charge in [0.1, 0.15) is 24.9 Å². The summed E-state index contributed by atoms with van der Waals surface area (Å²) in [6.07, 6.45) is 1.56. The molecular formula is C10H13N5O3. The summed E-state index contributed by atoms with van der Waals surface area (Å²) < 4.78 is 1.36. The molecule has 2 rings (SSSR count). The minimum Gasteiger partial charge on any atom is -0.382 e. The first-order chi connectivity index (χ1) is 8.47. The summed E-state index contributed by atoms with van der Waals surface area (Å²) >= 11 is 0. The molecule has 1 aliphatic heterocycles. The zero-order valence-electron chi connectivity index (χ0n) is 9.79. The number of hydrogen-bond donors (Lipinski definition) is 2. The average Bonchev–Trinajstić information content (AvgIpc) is 2.69. The number of piperazine rings is 1. The predicted molar refractivity (Wildman–Crippen MR) is 61.0 cm³/mol. The number of nitrogen functional groups attached to an aromatic ring is 1. The lowest BCUT2D eigenvalue weighted by atomic mass is 10.2. The van der Waals surface area contributed by atoms with E-state index >= 15 is 0 Å². The standard InChI is InChI=1S/C10H13N5O3/c1-6-10(18)12-8(16)4-15(6)9(17)5-14-3-2-7(11)13-14/h2-3,6H,4-5H2,1H3,(H2,11,13)(H,12,16,18). The minimum atomic E-state index is -0.664. The van der Waals surface area contributed by atoms with Crippen LogP contribution in [0.4, 0.5) is 5.82 Å². The number of nitrogens with one attached hydrogen (secondary N) is 1. The van der Waals surface area contributed by atoms with Crippen LogP contribution < -0.4 is 11.1 Å². The molecule has 2 heterocycles. The predicted octanol–water partition coefficient (Wildman–Crippen LogP) is -1.66. The molecular weight excluding hydrogens is 238 g/mol. The number of hydrogen-bond acceptors (Lipinski definition) is 5. The fraction of sp³-hybridized carbons (Fsp3) is 0.400. The minimum absolute atomic E-state index is 0.0535. The van der Waals surface area contributed by atoms with Crippen LogP contribution in [-0.2, 0) is 20.9 Å². The molecule has 1 aromatic rings. The van der Waals surface area contributed by atoms with Crippen LogP contribution in [0.1, 0.15) is 6.92 Å². The van der Waals surface area contributed by atoms with Crippen LogP contribution in [0.3, 0.4) is 0 Å². The quantitative estimate of drug-likeness (QED) is 0.611. The van der Waals surface area contributed by atoms with Gasteiger partial charge in [-0.2, -0.15) is 5.10 Å². The highest BCUT2D eigenvalue weighted by atomic mass is 16.2. The van der Waals surface area contributed by atoms with Crippen LogP contribution in [0.15, 0.2) is 12.3 Å². The number of nitrogens with two attached hydrogens (primary N) is 1. The molecule has 1 saturated heterocycles. The normalized spacial score (nSPS) is 19.8. The van der Waals surface area contributed by atoms with Crippen molar-refractivity contribution >= 4 is 23.5 Å². The molecule has 3 amide bonds. The Hall–Kier alpha value is -2.38. The van der Waals surface area contributed by atoms with Crippen molar-refractivity contribution in [2.45, 2.75) is 19.5 Å². The smallest absolute Gasteiger partial charge is 0.249 e. The van der Waals surface area contributed by atoms with Gasteiger partial charge in [0, 0.05) is 6.20 Å². The zero-order chi connectivity index (χ0) is 13.3. The van der Waals surface area contributed by atoms with Crippen LogP contribution in [0.5, 0.6) is 0 Å². The Morgan fingerprint density at radius 2 is 2.33 bits per heavy atom. The maximum atomic E-state index is 12.0. The first-order valence-corrected chi connectivity index (χ1v) is 5.39. The van der Waals surface area contributed by atoms with E-state index in [-0.39, 0.29) is 19.0 Å². The number of rotatable bonds is 2.